The number of thiocyanates is 1. The summed E-state index contributed by atoms with van der Waals surface area (Å²) in [6, 6.07) is 12.8. The summed E-state index contributed by atoms with van der Waals surface area (Å²) in [7, 11) is 0. The minimum atomic E-state index is -0.443. The van der Waals surface area contributed by atoms with Crippen LogP contribution in [0.4, 0.5) is 5.69 Å². The molecule has 0 spiro atoms. The van der Waals surface area contributed by atoms with Crippen LogP contribution in [0.25, 0.3) is 0 Å². The summed E-state index contributed by atoms with van der Waals surface area (Å²) in [6.07, 6.45) is 0.138. The predicted octanol–water partition coefficient (Wildman–Crippen LogP) is 3.60. The smallest absolute Gasteiger partial charge is 0.310 e. The van der Waals surface area contributed by atoms with Gasteiger partial charge >= 0.3 is 5.97 Å². The number of anilines is 1. The number of carbonyl (C=O) groups is 2. The molecule has 0 unspecified atom stereocenters. The normalized spacial score (nSPS) is 9.96. The lowest BCUT2D eigenvalue weighted by Crippen LogP contribution is -2.22. The van der Waals surface area contributed by atoms with Gasteiger partial charge in [-0.3, -0.25) is 9.59 Å². The number of hydrogen-bond donors (Lipinski definition) is 1. The summed E-state index contributed by atoms with van der Waals surface area (Å²) in [5, 5.41) is 13.4. The zero-order chi connectivity index (χ0) is 18.2. The summed E-state index contributed by atoms with van der Waals surface area (Å²) in [5.41, 5.74) is 3.35. The number of aryl methyl sites for hydroxylation is 2. The molecule has 1 amide bonds. The average Bonchev–Trinajstić information content (AvgIpc) is 2.58. The van der Waals surface area contributed by atoms with Crippen LogP contribution in [0.5, 0.6) is 0 Å². The number of thioether (sulfide) groups is 1. The first-order valence-corrected chi connectivity index (χ1v) is 8.48. The summed E-state index contributed by atoms with van der Waals surface area (Å²) < 4.78 is 5.04. The fourth-order valence-corrected chi connectivity index (χ4v) is 2.72. The second kappa shape index (κ2) is 8.90. The Morgan fingerprint density at radius 1 is 1.16 bits per heavy atom. The second-order valence-electron chi connectivity index (χ2n) is 5.48. The summed E-state index contributed by atoms with van der Waals surface area (Å²) >= 11 is 1.06. The summed E-state index contributed by atoms with van der Waals surface area (Å²) in [4.78, 5) is 24.6. The molecule has 0 aromatic heterocycles. The average molecular weight is 354 g/mol. The number of benzene rings is 2. The van der Waals surface area contributed by atoms with Crippen LogP contribution in [0.15, 0.2) is 47.4 Å². The molecule has 2 aromatic rings. The standard InChI is InChI=1S/C19H18N2O3S/c1-13-5-3-4-6-15(13)10-19(23)24-11-18(22)21-17-8-7-16(25-12-20)9-14(17)2/h3-9H,10-11H2,1-2H3,(H,21,22). The number of nitriles is 1. The lowest BCUT2D eigenvalue weighted by molar-refractivity contribution is -0.146. The van der Waals surface area contributed by atoms with Crippen LogP contribution >= 0.6 is 11.8 Å². The Morgan fingerprint density at radius 2 is 1.92 bits per heavy atom. The van der Waals surface area contributed by atoms with Crippen molar-refractivity contribution < 1.29 is 14.3 Å². The van der Waals surface area contributed by atoms with Crippen molar-refractivity contribution in [1.82, 2.24) is 0 Å². The highest BCUT2D eigenvalue weighted by atomic mass is 32.2. The maximum absolute atomic E-state index is 12.0. The maximum Gasteiger partial charge on any atom is 0.310 e. The van der Waals surface area contributed by atoms with Gasteiger partial charge in [0.2, 0.25) is 0 Å². The molecule has 0 aliphatic carbocycles. The van der Waals surface area contributed by atoms with E-state index in [9.17, 15) is 9.59 Å². The van der Waals surface area contributed by atoms with Crippen molar-refractivity contribution in [3.05, 3.63) is 59.2 Å². The van der Waals surface area contributed by atoms with Crippen molar-refractivity contribution in [2.75, 3.05) is 11.9 Å². The Balaban J connectivity index is 1.85. The van der Waals surface area contributed by atoms with Gasteiger partial charge in [-0.05, 0) is 60.5 Å². The molecule has 6 heteroatoms. The van der Waals surface area contributed by atoms with Gasteiger partial charge in [-0.1, -0.05) is 24.3 Å². The van der Waals surface area contributed by atoms with E-state index in [0.29, 0.717) is 5.69 Å². The Morgan fingerprint density at radius 3 is 2.60 bits per heavy atom. The lowest BCUT2D eigenvalue weighted by Gasteiger charge is -2.10. The third-order valence-electron chi connectivity index (χ3n) is 3.60. The summed E-state index contributed by atoms with van der Waals surface area (Å²) in [5.74, 6) is -0.844. The second-order valence-corrected chi connectivity index (χ2v) is 6.34. The molecule has 0 saturated carbocycles. The topological polar surface area (TPSA) is 79.2 Å². The van der Waals surface area contributed by atoms with Gasteiger partial charge in [0.05, 0.1) is 6.42 Å². The molecule has 0 heterocycles. The predicted molar refractivity (Wildman–Crippen MR) is 97.1 cm³/mol. The van der Waals surface area contributed by atoms with Gasteiger partial charge in [-0.2, -0.15) is 5.26 Å². The van der Waals surface area contributed by atoms with Crippen molar-refractivity contribution in [1.29, 1.82) is 5.26 Å². The van der Waals surface area contributed by atoms with E-state index in [-0.39, 0.29) is 13.0 Å². The Kier molecular flexibility index (Phi) is 6.61. The number of esters is 1. The fraction of sp³-hybridized carbons (Fsp3) is 0.211. The number of ether oxygens (including phenoxy) is 1. The van der Waals surface area contributed by atoms with Crippen LogP contribution in [-0.4, -0.2) is 18.5 Å². The molecule has 2 rings (SSSR count). The Labute approximate surface area is 151 Å². The number of carbonyl (C=O) groups excluding carboxylic acids is 2. The molecule has 5 nitrogen and oxygen atoms in total. The monoisotopic (exact) mass is 354 g/mol. The van der Waals surface area contributed by atoms with Crippen molar-refractivity contribution >= 4 is 29.3 Å². The van der Waals surface area contributed by atoms with E-state index in [1.54, 1.807) is 12.1 Å². The minimum absolute atomic E-state index is 0.138. The van der Waals surface area contributed by atoms with Crippen LogP contribution in [0, 0.1) is 24.5 Å². The van der Waals surface area contributed by atoms with Crippen LogP contribution in [0.2, 0.25) is 0 Å². The van der Waals surface area contributed by atoms with E-state index >= 15 is 0 Å². The molecule has 0 aliphatic rings. The van der Waals surface area contributed by atoms with Gasteiger partial charge in [0.15, 0.2) is 6.61 Å². The lowest BCUT2D eigenvalue weighted by atomic mass is 10.1. The van der Waals surface area contributed by atoms with E-state index in [4.69, 9.17) is 10.00 Å². The minimum Gasteiger partial charge on any atom is -0.455 e. The molecule has 0 aliphatic heterocycles. The number of hydrogen-bond acceptors (Lipinski definition) is 5. The zero-order valence-electron chi connectivity index (χ0n) is 14.0. The van der Waals surface area contributed by atoms with Gasteiger partial charge in [0.25, 0.3) is 5.91 Å². The van der Waals surface area contributed by atoms with E-state index in [0.717, 1.165) is 33.3 Å². The SMILES string of the molecule is Cc1ccccc1CC(=O)OCC(=O)Nc1ccc(SC#N)cc1C. The van der Waals surface area contributed by atoms with Gasteiger partial charge in [-0.25, -0.2) is 0 Å². The summed E-state index contributed by atoms with van der Waals surface area (Å²) in [6.45, 7) is 3.42. The van der Waals surface area contributed by atoms with Gasteiger partial charge in [0.1, 0.15) is 5.40 Å². The third-order valence-corrected chi connectivity index (χ3v) is 4.18. The first kappa shape index (κ1) is 18.6. The van der Waals surface area contributed by atoms with Gasteiger partial charge < -0.3 is 10.1 Å². The molecule has 0 radical (unpaired) electrons. The fourth-order valence-electron chi connectivity index (χ4n) is 2.24. The molecule has 128 valence electrons. The highest BCUT2D eigenvalue weighted by molar-refractivity contribution is 8.03. The highest BCUT2D eigenvalue weighted by Gasteiger charge is 2.11. The first-order chi connectivity index (χ1) is 12.0. The number of amides is 1. The van der Waals surface area contributed by atoms with E-state index in [2.05, 4.69) is 5.32 Å². The van der Waals surface area contributed by atoms with Crippen LogP contribution in [-0.2, 0) is 20.7 Å². The molecule has 2 aromatic carbocycles. The third kappa shape index (κ3) is 5.66. The van der Waals surface area contributed by atoms with E-state index < -0.39 is 11.9 Å². The molecule has 0 saturated heterocycles. The van der Waals surface area contributed by atoms with Crippen molar-refractivity contribution in [2.24, 2.45) is 0 Å². The first-order valence-electron chi connectivity index (χ1n) is 7.66. The Hall–Kier alpha value is -2.78. The molecule has 0 fully saturated rings. The molecule has 0 bridgehead atoms. The number of nitrogens with one attached hydrogen (secondary N) is 1. The molecule has 25 heavy (non-hydrogen) atoms. The van der Waals surface area contributed by atoms with E-state index in [1.807, 2.05) is 49.6 Å². The van der Waals surface area contributed by atoms with E-state index in [1.165, 1.54) is 0 Å². The van der Waals surface area contributed by atoms with Crippen molar-refractivity contribution in [3.63, 3.8) is 0 Å². The maximum atomic E-state index is 12.0. The molecular weight excluding hydrogens is 336 g/mol. The van der Waals surface area contributed by atoms with Gasteiger partial charge in [-0.15, -0.1) is 0 Å². The molecule has 1 N–H and O–H groups in total. The number of nitrogens with zero attached hydrogens (tertiary/aromatic N) is 1. The zero-order valence-corrected chi connectivity index (χ0v) is 14.9. The number of rotatable bonds is 6. The van der Waals surface area contributed by atoms with Crippen molar-refractivity contribution in [2.45, 2.75) is 25.2 Å². The molecule has 0 atom stereocenters. The van der Waals surface area contributed by atoms with Crippen molar-refractivity contribution in [3.8, 4) is 5.40 Å². The largest absolute Gasteiger partial charge is 0.455 e. The van der Waals surface area contributed by atoms with Gasteiger partial charge in [0, 0.05) is 10.6 Å². The van der Waals surface area contributed by atoms with Crippen LogP contribution in [0.3, 0.4) is 0 Å². The quantitative estimate of drug-likeness (QED) is 0.487. The van der Waals surface area contributed by atoms with Crippen LogP contribution in [0.1, 0.15) is 16.7 Å². The van der Waals surface area contributed by atoms with Crippen LogP contribution < -0.4 is 5.32 Å². The Bertz CT molecular complexity index is 828. The highest BCUT2D eigenvalue weighted by Crippen LogP contribution is 2.23. The molecular formula is C19H18N2O3S.